The highest BCUT2D eigenvalue weighted by Gasteiger charge is 2.44. The van der Waals surface area contributed by atoms with E-state index < -0.39 is 8.07 Å². The van der Waals surface area contributed by atoms with Crippen LogP contribution in [0.3, 0.4) is 0 Å². The molecule has 0 N–H and O–H groups in total. The molecule has 2 aliphatic carbocycles. The lowest BCUT2D eigenvalue weighted by atomic mass is 9.80. The van der Waals surface area contributed by atoms with Crippen molar-refractivity contribution in [2.24, 2.45) is 0 Å². The van der Waals surface area contributed by atoms with Gasteiger partial charge < -0.3 is 9.64 Å². The first kappa shape index (κ1) is 27.7. The van der Waals surface area contributed by atoms with Gasteiger partial charge in [0.05, 0.1) is 11.4 Å². The monoisotopic (exact) mass is 633 g/mol. The van der Waals surface area contributed by atoms with E-state index in [1.807, 2.05) is 0 Å². The van der Waals surface area contributed by atoms with Crippen LogP contribution in [0.5, 0.6) is 11.5 Å². The average molecular weight is 634 g/mol. The zero-order valence-electron chi connectivity index (χ0n) is 27.6. The predicted molar refractivity (Wildman–Crippen MR) is 204 cm³/mol. The van der Waals surface area contributed by atoms with Crippen LogP contribution < -0.4 is 20.0 Å². The molecule has 0 spiro atoms. The highest BCUT2D eigenvalue weighted by molar-refractivity contribution is 7.02. The van der Waals surface area contributed by atoms with E-state index in [1.165, 1.54) is 65.7 Å². The van der Waals surface area contributed by atoms with Gasteiger partial charge in [0, 0.05) is 22.1 Å². The number of hydrogen-bond donors (Lipinski definition) is 0. The summed E-state index contributed by atoms with van der Waals surface area (Å²) >= 11 is 0. The lowest BCUT2D eigenvalue weighted by Crippen LogP contribution is -2.56. The van der Waals surface area contributed by atoms with E-state index in [0.717, 1.165) is 28.6 Å². The molecule has 7 aromatic carbocycles. The first-order valence-corrected chi connectivity index (χ1v) is 19.9. The normalized spacial score (nSPS) is 15.2. The van der Waals surface area contributed by atoms with Crippen LogP contribution in [-0.4, -0.2) is 8.07 Å². The third kappa shape index (κ3) is 3.57. The average Bonchev–Trinajstić information content (AvgIpc) is 3.34. The van der Waals surface area contributed by atoms with Crippen molar-refractivity contribution in [2.45, 2.75) is 32.4 Å². The molecule has 3 heteroatoms. The Morgan fingerprint density at radius 1 is 0.521 bits per heavy atom. The van der Waals surface area contributed by atoms with E-state index in [4.69, 9.17) is 4.74 Å². The Hall–Kier alpha value is -5.38. The number of rotatable bonds is 3. The molecule has 0 fully saturated rings. The maximum absolute atomic E-state index is 7.39. The van der Waals surface area contributed by atoms with Gasteiger partial charge in [-0.15, -0.1) is 0 Å². The van der Waals surface area contributed by atoms with Crippen LogP contribution in [0.1, 0.15) is 25.0 Å². The number of nitrogens with zero attached hydrogens (tertiary/aromatic N) is 1. The molecule has 10 rings (SSSR count). The van der Waals surface area contributed by atoms with Gasteiger partial charge in [0.2, 0.25) is 0 Å². The summed E-state index contributed by atoms with van der Waals surface area (Å²) < 4.78 is 7.39. The van der Waals surface area contributed by atoms with Gasteiger partial charge in [0.15, 0.2) is 5.75 Å². The fraction of sp³-hybridized carbons (Fsp3) is 0.111. The first-order chi connectivity index (χ1) is 23.3. The van der Waals surface area contributed by atoms with Crippen LogP contribution in [-0.2, 0) is 5.41 Å². The third-order valence-corrected chi connectivity index (χ3v) is 14.7. The van der Waals surface area contributed by atoms with Crippen LogP contribution in [0, 0.1) is 0 Å². The molecule has 48 heavy (non-hydrogen) atoms. The van der Waals surface area contributed by atoms with Crippen LogP contribution in [0.15, 0.2) is 140 Å². The van der Waals surface area contributed by atoms with Crippen molar-refractivity contribution >= 4 is 46.3 Å². The zero-order valence-corrected chi connectivity index (χ0v) is 28.6. The minimum Gasteiger partial charge on any atom is -0.455 e. The van der Waals surface area contributed by atoms with E-state index in [2.05, 4.69) is 171 Å². The molecule has 0 radical (unpaired) electrons. The Labute approximate surface area is 282 Å². The Bertz CT molecular complexity index is 2500. The number of benzene rings is 7. The molecule has 0 bridgehead atoms. The zero-order chi connectivity index (χ0) is 32.4. The summed E-state index contributed by atoms with van der Waals surface area (Å²) in [7, 11) is -2.18. The molecule has 0 amide bonds. The molecule has 1 heterocycles. The minimum absolute atomic E-state index is 0.0903. The van der Waals surface area contributed by atoms with Gasteiger partial charge in [-0.25, -0.2) is 0 Å². The Morgan fingerprint density at radius 2 is 1.17 bits per heavy atom. The fourth-order valence-corrected chi connectivity index (χ4v) is 11.5. The Balaban J connectivity index is 1.23. The van der Waals surface area contributed by atoms with Gasteiger partial charge >= 0.3 is 0 Å². The summed E-state index contributed by atoms with van der Waals surface area (Å²) in [5.74, 6) is 2.03. The van der Waals surface area contributed by atoms with Crippen LogP contribution in [0.25, 0.3) is 44.2 Å². The van der Waals surface area contributed by atoms with Gasteiger partial charge in [0.1, 0.15) is 13.8 Å². The third-order valence-electron chi connectivity index (χ3n) is 11.3. The smallest absolute Gasteiger partial charge is 0.151 e. The Morgan fingerprint density at radius 3 is 2.02 bits per heavy atom. The van der Waals surface area contributed by atoms with Crippen LogP contribution in [0.4, 0.5) is 17.1 Å². The van der Waals surface area contributed by atoms with Crippen molar-refractivity contribution in [1.29, 1.82) is 0 Å². The summed E-state index contributed by atoms with van der Waals surface area (Å²) in [6.07, 6.45) is 0. The molecule has 3 aliphatic rings. The van der Waals surface area contributed by atoms with Crippen LogP contribution in [0.2, 0.25) is 13.1 Å². The van der Waals surface area contributed by atoms with Crippen LogP contribution >= 0.6 is 0 Å². The summed E-state index contributed by atoms with van der Waals surface area (Å²) in [4.78, 5) is 2.44. The number of hydrogen-bond acceptors (Lipinski definition) is 2. The van der Waals surface area contributed by atoms with Crippen molar-refractivity contribution in [3.05, 3.63) is 151 Å². The number of ether oxygens (including phenoxy) is 1. The summed E-state index contributed by atoms with van der Waals surface area (Å²) in [6.45, 7) is 9.67. The van der Waals surface area contributed by atoms with E-state index in [-0.39, 0.29) is 5.41 Å². The van der Waals surface area contributed by atoms with Crippen molar-refractivity contribution in [3.8, 4) is 44.9 Å². The SMILES string of the molecule is CC1(C)c2ccccc2-c2c1ccc1c2Oc2c(N(c3ccc4c(c3)-c3ccccc3-4)c3cccc4ccccc34)cccc2[Si]1(C)C. The quantitative estimate of drug-likeness (QED) is 0.180. The maximum Gasteiger partial charge on any atom is 0.151 e. The molecule has 0 unspecified atom stereocenters. The molecule has 0 saturated carbocycles. The molecule has 0 saturated heterocycles. The van der Waals surface area contributed by atoms with Crippen molar-refractivity contribution in [2.75, 3.05) is 4.90 Å². The highest BCUT2D eigenvalue weighted by atomic mass is 28.3. The molecule has 0 atom stereocenters. The lowest BCUT2D eigenvalue weighted by molar-refractivity contribution is 0.488. The van der Waals surface area contributed by atoms with Gasteiger partial charge in [-0.2, -0.15) is 0 Å². The van der Waals surface area contributed by atoms with E-state index in [9.17, 15) is 0 Å². The standard InChI is InChI=1S/C45H35NOSi/c1-45(2)36-19-10-9-18-34(36)42-37(45)25-26-41-44(42)47-43-39(21-12-22-40(43)48(41,3)4)46(38-20-11-14-28-13-5-6-15-30(28)38)29-23-24-33-31-16-7-8-17-32(31)35(33)27-29/h5-27H,1-4H3. The van der Waals surface area contributed by atoms with Gasteiger partial charge in [-0.05, 0) is 79.0 Å². The largest absolute Gasteiger partial charge is 0.455 e. The number of anilines is 3. The second-order valence-corrected chi connectivity index (χ2v) is 18.9. The summed E-state index contributed by atoms with van der Waals surface area (Å²) in [5.41, 5.74) is 13.8. The molecule has 2 nitrogen and oxygen atoms in total. The second kappa shape index (κ2) is 9.59. The number of para-hydroxylation sites is 1. The fourth-order valence-electron chi connectivity index (χ4n) is 8.74. The second-order valence-electron chi connectivity index (χ2n) is 14.5. The topological polar surface area (TPSA) is 12.5 Å². The summed E-state index contributed by atoms with van der Waals surface area (Å²) in [6, 6.07) is 51.5. The lowest BCUT2D eigenvalue weighted by Gasteiger charge is -2.38. The summed E-state index contributed by atoms with van der Waals surface area (Å²) in [5, 5.41) is 5.13. The predicted octanol–water partition coefficient (Wildman–Crippen LogP) is 11.2. The van der Waals surface area contributed by atoms with Crippen molar-refractivity contribution < 1.29 is 4.74 Å². The van der Waals surface area contributed by atoms with Gasteiger partial charge in [0.25, 0.3) is 0 Å². The first-order valence-electron chi connectivity index (χ1n) is 16.9. The Kier molecular flexibility index (Phi) is 5.53. The number of fused-ring (bicyclic) bond motifs is 11. The van der Waals surface area contributed by atoms with Gasteiger partial charge in [-0.1, -0.05) is 142 Å². The molecule has 0 aromatic heterocycles. The molecule has 7 aromatic rings. The maximum atomic E-state index is 7.39. The van der Waals surface area contributed by atoms with E-state index in [0.29, 0.717) is 0 Å². The van der Waals surface area contributed by atoms with Crippen molar-refractivity contribution in [3.63, 3.8) is 0 Å². The van der Waals surface area contributed by atoms with Crippen molar-refractivity contribution in [1.82, 2.24) is 0 Å². The molecular weight excluding hydrogens is 599 g/mol. The molecule has 1 aliphatic heterocycles. The van der Waals surface area contributed by atoms with E-state index >= 15 is 0 Å². The molecule has 230 valence electrons. The molecular formula is C45H35NOSi. The van der Waals surface area contributed by atoms with E-state index in [1.54, 1.807) is 0 Å². The highest BCUT2D eigenvalue weighted by Crippen LogP contribution is 2.55. The minimum atomic E-state index is -2.18. The van der Waals surface area contributed by atoms with Gasteiger partial charge in [-0.3, -0.25) is 0 Å².